The number of anilines is 1. The summed E-state index contributed by atoms with van der Waals surface area (Å²) in [7, 11) is -5.63. The first kappa shape index (κ1) is 23.4. The van der Waals surface area contributed by atoms with Crippen molar-refractivity contribution < 1.29 is 30.5 Å². The van der Waals surface area contributed by atoms with Crippen LogP contribution in [0.4, 0.5) is 5.69 Å². The molecule has 1 N–H and O–H groups in total. The first-order valence-corrected chi connectivity index (χ1v) is 12.3. The van der Waals surface area contributed by atoms with Crippen LogP contribution < -0.4 is 18.4 Å². The Morgan fingerprint density at radius 1 is 0.656 bits per heavy atom. The van der Waals surface area contributed by atoms with Crippen LogP contribution >= 0.6 is 0 Å². The Labute approximate surface area is 187 Å². The lowest BCUT2D eigenvalue weighted by Crippen LogP contribution is -2.15. The van der Waals surface area contributed by atoms with Gasteiger partial charge in [0, 0.05) is 0 Å². The van der Waals surface area contributed by atoms with Gasteiger partial charge in [-0.1, -0.05) is 35.4 Å². The topological polar surface area (TPSA) is 108 Å². The fourth-order valence-electron chi connectivity index (χ4n) is 2.85. The van der Waals surface area contributed by atoms with Gasteiger partial charge in [0.1, 0.15) is 4.90 Å². The summed E-state index contributed by atoms with van der Waals surface area (Å²) >= 11 is 0. The summed E-state index contributed by atoms with van der Waals surface area (Å²) < 4.78 is 69.6. The molecule has 0 aromatic heterocycles. The number of aryl methyl sites for hydroxylation is 2. The number of ether oxygens (including phenoxy) is 2. The summed E-state index contributed by atoms with van der Waals surface area (Å²) in [5.74, 6) is -0.369. The smallest absolute Gasteiger partial charge is 0.339 e. The Kier molecular flexibility index (Phi) is 6.65. The Morgan fingerprint density at radius 2 is 1.19 bits per heavy atom. The molecule has 0 fully saturated rings. The molecule has 0 unspecified atom stereocenters. The van der Waals surface area contributed by atoms with Crippen molar-refractivity contribution >= 4 is 25.8 Å². The SMILES string of the molecule is COc1ccc(NS(=O)(=O)c2ccc(C)cc2)c(OC)c1OS(=O)(=O)c1ccc(C)cc1. The number of nitrogens with one attached hydrogen (secondary N) is 1. The fourth-order valence-corrected chi connectivity index (χ4v) is 4.86. The molecule has 8 nitrogen and oxygen atoms in total. The zero-order chi connectivity index (χ0) is 23.5. The molecule has 3 aromatic carbocycles. The van der Waals surface area contributed by atoms with Crippen molar-refractivity contribution in [3.63, 3.8) is 0 Å². The van der Waals surface area contributed by atoms with Gasteiger partial charge in [-0.15, -0.1) is 0 Å². The van der Waals surface area contributed by atoms with Crippen molar-refractivity contribution in [2.24, 2.45) is 0 Å². The maximum atomic E-state index is 12.8. The van der Waals surface area contributed by atoms with Gasteiger partial charge in [0.25, 0.3) is 10.0 Å². The van der Waals surface area contributed by atoms with Gasteiger partial charge < -0.3 is 13.7 Å². The third kappa shape index (κ3) is 4.97. The third-order valence-electron chi connectivity index (χ3n) is 4.58. The summed E-state index contributed by atoms with van der Waals surface area (Å²) in [5, 5.41) is 0. The predicted octanol–water partition coefficient (Wildman–Crippen LogP) is 3.89. The maximum absolute atomic E-state index is 12.8. The highest BCUT2D eigenvalue weighted by Gasteiger charge is 2.26. The number of hydrogen-bond acceptors (Lipinski definition) is 7. The average molecular weight is 478 g/mol. The maximum Gasteiger partial charge on any atom is 0.339 e. The minimum atomic E-state index is -4.25. The monoisotopic (exact) mass is 477 g/mol. The lowest BCUT2D eigenvalue weighted by Gasteiger charge is -2.18. The minimum absolute atomic E-state index is 0.0111. The zero-order valence-corrected chi connectivity index (χ0v) is 19.6. The molecule has 0 saturated carbocycles. The largest absolute Gasteiger partial charge is 0.493 e. The summed E-state index contributed by atoms with van der Waals surface area (Å²) in [6, 6.07) is 15.1. The standard InChI is InChI=1S/C22H23NO7S2/c1-15-5-9-17(10-6-15)31(24,25)23-19-13-14-20(28-3)22(21(19)29-4)30-32(26,27)18-11-7-16(2)8-12-18/h5-14,23H,1-4H3. The number of sulfonamides is 1. The van der Waals surface area contributed by atoms with Gasteiger partial charge in [-0.25, -0.2) is 8.42 Å². The molecule has 170 valence electrons. The van der Waals surface area contributed by atoms with Crippen LogP contribution in [0.15, 0.2) is 70.5 Å². The molecule has 0 aliphatic heterocycles. The summed E-state index contributed by atoms with van der Waals surface area (Å²) in [6.07, 6.45) is 0. The van der Waals surface area contributed by atoms with Crippen LogP contribution in [0.1, 0.15) is 11.1 Å². The van der Waals surface area contributed by atoms with Gasteiger partial charge in [0.15, 0.2) is 11.5 Å². The van der Waals surface area contributed by atoms with Crippen molar-refractivity contribution in [2.75, 3.05) is 18.9 Å². The van der Waals surface area contributed by atoms with E-state index in [0.717, 1.165) is 11.1 Å². The average Bonchev–Trinajstić information content (AvgIpc) is 2.74. The van der Waals surface area contributed by atoms with E-state index in [2.05, 4.69) is 4.72 Å². The highest BCUT2D eigenvalue weighted by atomic mass is 32.2. The van der Waals surface area contributed by atoms with Gasteiger partial charge in [0.2, 0.25) is 5.75 Å². The highest BCUT2D eigenvalue weighted by Crippen LogP contribution is 2.44. The Bertz CT molecular complexity index is 1320. The minimum Gasteiger partial charge on any atom is -0.493 e. The quantitative estimate of drug-likeness (QED) is 0.490. The van der Waals surface area contributed by atoms with Gasteiger partial charge in [-0.2, -0.15) is 8.42 Å². The van der Waals surface area contributed by atoms with E-state index in [0.29, 0.717) is 0 Å². The Balaban J connectivity index is 2.04. The van der Waals surface area contributed by atoms with Crippen LogP contribution in [-0.4, -0.2) is 31.1 Å². The van der Waals surface area contributed by atoms with Crippen molar-refractivity contribution in [1.29, 1.82) is 0 Å². The van der Waals surface area contributed by atoms with E-state index in [9.17, 15) is 16.8 Å². The second kappa shape index (κ2) is 9.09. The summed E-state index contributed by atoms with van der Waals surface area (Å²) in [5.41, 5.74) is 1.78. The lowest BCUT2D eigenvalue weighted by atomic mass is 10.2. The molecule has 0 atom stereocenters. The van der Waals surface area contributed by atoms with Gasteiger partial charge in [-0.3, -0.25) is 4.72 Å². The highest BCUT2D eigenvalue weighted by molar-refractivity contribution is 7.92. The van der Waals surface area contributed by atoms with E-state index in [4.69, 9.17) is 13.7 Å². The first-order chi connectivity index (χ1) is 15.1. The molecule has 10 heteroatoms. The van der Waals surface area contributed by atoms with Crippen LogP contribution in [0, 0.1) is 13.8 Å². The Morgan fingerprint density at radius 3 is 1.69 bits per heavy atom. The van der Waals surface area contributed by atoms with Crippen LogP contribution in [0.3, 0.4) is 0 Å². The zero-order valence-electron chi connectivity index (χ0n) is 17.9. The third-order valence-corrected chi connectivity index (χ3v) is 7.20. The second-order valence-corrected chi connectivity index (χ2v) is 10.2. The van der Waals surface area contributed by atoms with Crippen molar-refractivity contribution in [3.8, 4) is 17.2 Å². The molecule has 32 heavy (non-hydrogen) atoms. The molecule has 0 spiro atoms. The molecule has 3 rings (SSSR count). The molecule has 0 amide bonds. The molecule has 0 bridgehead atoms. The van der Waals surface area contributed by atoms with E-state index >= 15 is 0 Å². The molecule has 0 saturated heterocycles. The molecule has 0 aliphatic carbocycles. The number of methoxy groups -OCH3 is 2. The van der Waals surface area contributed by atoms with E-state index in [-0.39, 0.29) is 32.7 Å². The summed E-state index contributed by atoms with van der Waals surface area (Å²) in [4.78, 5) is -0.0337. The molecule has 0 aliphatic rings. The fraction of sp³-hybridized carbons (Fsp3) is 0.182. The second-order valence-electron chi connectivity index (χ2n) is 6.95. The predicted molar refractivity (Wildman–Crippen MR) is 121 cm³/mol. The van der Waals surface area contributed by atoms with Crippen LogP contribution in [0.25, 0.3) is 0 Å². The van der Waals surface area contributed by atoms with Crippen LogP contribution in [-0.2, 0) is 20.1 Å². The first-order valence-electron chi connectivity index (χ1n) is 9.43. The molecular weight excluding hydrogens is 454 g/mol. The van der Waals surface area contributed by atoms with E-state index in [1.807, 2.05) is 13.8 Å². The van der Waals surface area contributed by atoms with Crippen molar-refractivity contribution in [2.45, 2.75) is 23.6 Å². The van der Waals surface area contributed by atoms with E-state index in [1.54, 1.807) is 24.3 Å². The molecule has 0 radical (unpaired) electrons. The lowest BCUT2D eigenvalue weighted by molar-refractivity contribution is 0.361. The van der Waals surface area contributed by atoms with E-state index < -0.39 is 20.1 Å². The Hall–Kier alpha value is -3.24. The van der Waals surface area contributed by atoms with Crippen molar-refractivity contribution in [1.82, 2.24) is 0 Å². The van der Waals surface area contributed by atoms with Gasteiger partial charge in [-0.05, 0) is 50.2 Å². The molecule has 3 aromatic rings. The normalized spacial score (nSPS) is 11.6. The van der Waals surface area contributed by atoms with Gasteiger partial charge >= 0.3 is 10.1 Å². The van der Waals surface area contributed by atoms with Crippen LogP contribution in [0.2, 0.25) is 0 Å². The molecule has 0 heterocycles. The molecular formula is C22H23NO7S2. The number of benzene rings is 3. The van der Waals surface area contributed by atoms with E-state index in [1.165, 1.54) is 50.6 Å². The summed E-state index contributed by atoms with van der Waals surface area (Å²) in [6.45, 7) is 3.67. The number of hydrogen-bond donors (Lipinski definition) is 1. The van der Waals surface area contributed by atoms with Crippen LogP contribution in [0.5, 0.6) is 17.2 Å². The van der Waals surface area contributed by atoms with Gasteiger partial charge in [0.05, 0.1) is 24.8 Å². The number of rotatable bonds is 8. The van der Waals surface area contributed by atoms with Crippen molar-refractivity contribution in [3.05, 3.63) is 71.8 Å².